The molecule has 0 saturated carbocycles. The van der Waals surface area contributed by atoms with E-state index in [4.69, 9.17) is 0 Å². The standard InChI is InChI=1S/C11H8N2O/c14-8-7-12-10-5-1-3-9-4-2-6-13-11(9)10/h1-8H. The summed E-state index contributed by atoms with van der Waals surface area (Å²) in [4.78, 5) is 18.3. The van der Waals surface area contributed by atoms with Crippen LogP contribution in [-0.2, 0) is 4.79 Å². The van der Waals surface area contributed by atoms with Crippen molar-refractivity contribution in [1.29, 1.82) is 0 Å². The fourth-order valence-corrected chi connectivity index (χ4v) is 1.30. The van der Waals surface area contributed by atoms with Crippen molar-refractivity contribution in [3.63, 3.8) is 0 Å². The lowest BCUT2D eigenvalue weighted by Crippen LogP contribution is -1.79. The highest BCUT2D eigenvalue weighted by Gasteiger charge is 1.97. The van der Waals surface area contributed by atoms with Crippen LogP contribution in [0.25, 0.3) is 10.9 Å². The van der Waals surface area contributed by atoms with E-state index in [1.54, 1.807) is 6.20 Å². The highest BCUT2D eigenvalue weighted by Crippen LogP contribution is 2.22. The van der Waals surface area contributed by atoms with E-state index in [0.717, 1.165) is 16.6 Å². The maximum Gasteiger partial charge on any atom is 0.161 e. The van der Waals surface area contributed by atoms with Gasteiger partial charge >= 0.3 is 0 Å². The van der Waals surface area contributed by atoms with Crippen LogP contribution in [0.4, 0.5) is 5.69 Å². The van der Waals surface area contributed by atoms with Gasteiger partial charge in [0, 0.05) is 11.6 Å². The zero-order valence-electron chi connectivity index (χ0n) is 7.42. The third kappa shape index (κ3) is 1.52. The minimum Gasteiger partial charge on any atom is -0.297 e. The monoisotopic (exact) mass is 184 g/mol. The molecule has 0 N–H and O–H groups in total. The Kier molecular flexibility index (Phi) is 2.32. The molecule has 0 aliphatic carbocycles. The molecule has 0 fully saturated rings. The molecular weight excluding hydrogens is 176 g/mol. The third-order valence-electron chi connectivity index (χ3n) is 1.89. The highest BCUT2D eigenvalue weighted by atomic mass is 16.1. The molecule has 0 spiro atoms. The number of carbonyl (C=O) groups excluding carboxylic acids is 1. The van der Waals surface area contributed by atoms with Crippen molar-refractivity contribution in [2.45, 2.75) is 0 Å². The van der Waals surface area contributed by atoms with Crippen molar-refractivity contribution in [3.8, 4) is 0 Å². The number of aromatic nitrogens is 1. The van der Waals surface area contributed by atoms with Crippen molar-refractivity contribution in [1.82, 2.24) is 4.98 Å². The molecule has 0 aliphatic rings. The summed E-state index contributed by atoms with van der Waals surface area (Å²) in [6.45, 7) is 0. The summed E-state index contributed by atoms with van der Waals surface area (Å²) in [6.07, 6.45) is 3.59. The molecule has 0 bridgehead atoms. The van der Waals surface area contributed by atoms with Crippen LogP contribution < -0.4 is 0 Å². The van der Waals surface area contributed by atoms with Gasteiger partial charge in [0.1, 0.15) is 0 Å². The van der Waals surface area contributed by atoms with E-state index in [1.165, 1.54) is 6.21 Å². The van der Waals surface area contributed by atoms with Crippen LogP contribution in [0.5, 0.6) is 0 Å². The van der Waals surface area contributed by atoms with Gasteiger partial charge in [-0.1, -0.05) is 18.2 Å². The summed E-state index contributed by atoms with van der Waals surface area (Å²) in [7, 11) is 0. The van der Waals surface area contributed by atoms with Gasteiger partial charge in [0.2, 0.25) is 0 Å². The Morgan fingerprint density at radius 3 is 2.93 bits per heavy atom. The lowest BCUT2D eigenvalue weighted by atomic mass is 10.2. The second-order valence-corrected chi connectivity index (χ2v) is 2.77. The first kappa shape index (κ1) is 8.56. The average Bonchev–Trinajstić information content (AvgIpc) is 2.26. The van der Waals surface area contributed by atoms with Crippen LogP contribution >= 0.6 is 0 Å². The van der Waals surface area contributed by atoms with Gasteiger partial charge in [-0.15, -0.1) is 0 Å². The first-order valence-corrected chi connectivity index (χ1v) is 4.23. The van der Waals surface area contributed by atoms with E-state index in [1.807, 2.05) is 30.3 Å². The Morgan fingerprint density at radius 1 is 1.21 bits per heavy atom. The summed E-state index contributed by atoms with van der Waals surface area (Å²) in [5.41, 5.74) is 1.53. The summed E-state index contributed by atoms with van der Waals surface area (Å²) >= 11 is 0. The normalized spacial score (nSPS) is 10.9. The number of fused-ring (bicyclic) bond motifs is 1. The second kappa shape index (κ2) is 3.79. The van der Waals surface area contributed by atoms with E-state index < -0.39 is 0 Å². The molecule has 3 nitrogen and oxygen atoms in total. The van der Waals surface area contributed by atoms with Gasteiger partial charge in [-0.2, -0.15) is 0 Å². The van der Waals surface area contributed by atoms with Gasteiger partial charge in [-0.05, 0) is 12.1 Å². The molecular formula is C11H8N2O. The minimum absolute atomic E-state index is 0.655. The van der Waals surface area contributed by atoms with Crippen molar-refractivity contribution in [3.05, 3.63) is 36.5 Å². The van der Waals surface area contributed by atoms with E-state index >= 15 is 0 Å². The number of aldehydes is 1. The summed E-state index contributed by atoms with van der Waals surface area (Å²) in [6, 6.07) is 9.51. The lowest BCUT2D eigenvalue weighted by Gasteiger charge is -1.98. The van der Waals surface area contributed by atoms with Gasteiger partial charge in [-0.3, -0.25) is 14.8 Å². The molecule has 14 heavy (non-hydrogen) atoms. The maximum atomic E-state index is 10.1. The van der Waals surface area contributed by atoms with E-state index in [9.17, 15) is 4.79 Å². The molecule has 0 aliphatic heterocycles. The topological polar surface area (TPSA) is 42.3 Å². The summed E-state index contributed by atoms with van der Waals surface area (Å²) in [5.74, 6) is 0. The quantitative estimate of drug-likeness (QED) is 0.530. The number of benzene rings is 1. The van der Waals surface area contributed by atoms with Crippen molar-refractivity contribution in [2.24, 2.45) is 4.99 Å². The second-order valence-electron chi connectivity index (χ2n) is 2.77. The maximum absolute atomic E-state index is 10.1. The van der Waals surface area contributed by atoms with Crippen LogP contribution in [0.15, 0.2) is 41.5 Å². The van der Waals surface area contributed by atoms with Gasteiger partial charge in [0.05, 0.1) is 17.4 Å². The molecule has 1 heterocycles. The number of aliphatic imine (C=N–C) groups is 1. The Labute approximate surface area is 81.1 Å². The smallest absolute Gasteiger partial charge is 0.161 e. The summed E-state index contributed by atoms with van der Waals surface area (Å²) < 4.78 is 0. The van der Waals surface area contributed by atoms with Crippen LogP contribution in [0.1, 0.15) is 0 Å². The van der Waals surface area contributed by atoms with Crippen LogP contribution in [0.2, 0.25) is 0 Å². The molecule has 0 amide bonds. The molecule has 2 rings (SSSR count). The number of rotatable bonds is 2. The van der Waals surface area contributed by atoms with Crippen LogP contribution in [0, 0.1) is 0 Å². The van der Waals surface area contributed by atoms with Crippen molar-refractivity contribution >= 4 is 29.1 Å². The Balaban J connectivity index is 2.64. The van der Waals surface area contributed by atoms with Crippen LogP contribution in [0.3, 0.4) is 0 Å². The van der Waals surface area contributed by atoms with Crippen LogP contribution in [-0.4, -0.2) is 17.5 Å². The number of pyridine rings is 1. The molecule has 3 heteroatoms. The zero-order chi connectivity index (χ0) is 9.80. The zero-order valence-corrected chi connectivity index (χ0v) is 7.42. The molecule has 0 unspecified atom stereocenters. The molecule has 1 aromatic carbocycles. The lowest BCUT2D eigenvalue weighted by molar-refractivity contribution is -0.102. The molecule has 0 saturated heterocycles. The number of carbonyl (C=O) groups is 1. The predicted molar refractivity (Wildman–Crippen MR) is 56.0 cm³/mol. The fraction of sp³-hybridized carbons (Fsp3) is 0. The van der Waals surface area contributed by atoms with E-state index in [0.29, 0.717) is 6.29 Å². The molecule has 68 valence electrons. The Hall–Kier alpha value is -2.03. The number of hydrogen-bond acceptors (Lipinski definition) is 3. The third-order valence-corrected chi connectivity index (χ3v) is 1.89. The van der Waals surface area contributed by atoms with E-state index in [2.05, 4.69) is 9.98 Å². The molecule has 2 aromatic rings. The number of hydrogen-bond donors (Lipinski definition) is 0. The molecule has 1 aromatic heterocycles. The molecule has 0 radical (unpaired) electrons. The number of para-hydroxylation sites is 1. The SMILES string of the molecule is O=CC=Nc1cccc2cccnc12. The minimum atomic E-state index is 0.655. The Bertz CT molecular complexity index is 486. The number of nitrogens with zero attached hydrogens (tertiary/aromatic N) is 2. The molecule has 0 atom stereocenters. The predicted octanol–water partition coefficient (Wildman–Crippen LogP) is 2.14. The van der Waals surface area contributed by atoms with Gasteiger partial charge in [0.25, 0.3) is 0 Å². The Morgan fingerprint density at radius 2 is 2.07 bits per heavy atom. The highest BCUT2D eigenvalue weighted by molar-refractivity contribution is 6.14. The van der Waals surface area contributed by atoms with Crippen molar-refractivity contribution in [2.75, 3.05) is 0 Å². The van der Waals surface area contributed by atoms with Gasteiger partial charge < -0.3 is 0 Å². The summed E-state index contributed by atoms with van der Waals surface area (Å²) in [5, 5.41) is 1.02. The first-order valence-electron chi connectivity index (χ1n) is 4.23. The van der Waals surface area contributed by atoms with E-state index in [-0.39, 0.29) is 0 Å². The van der Waals surface area contributed by atoms with Gasteiger partial charge in [0.15, 0.2) is 6.29 Å². The fourth-order valence-electron chi connectivity index (χ4n) is 1.30. The van der Waals surface area contributed by atoms with Crippen molar-refractivity contribution < 1.29 is 4.79 Å². The average molecular weight is 184 g/mol. The van der Waals surface area contributed by atoms with Gasteiger partial charge in [-0.25, -0.2) is 0 Å². The first-order chi connectivity index (χ1) is 6.92. The largest absolute Gasteiger partial charge is 0.297 e.